The van der Waals surface area contributed by atoms with Crippen molar-refractivity contribution in [2.75, 3.05) is 0 Å². The van der Waals surface area contributed by atoms with Gasteiger partial charge in [0.25, 0.3) is 0 Å². The lowest BCUT2D eigenvalue weighted by Gasteiger charge is -2.18. The van der Waals surface area contributed by atoms with Gasteiger partial charge < -0.3 is 4.57 Å². The number of hydrogen-bond donors (Lipinski definition) is 0. The van der Waals surface area contributed by atoms with E-state index in [1.165, 1.54) is 35.7 Å². The van der Waals surface area contributed by atoms with Crippen LogP contribution >= 0.6 is 23.5 Å². The van der Waals surface area contributed by atoms with E-state index in [1.54, 1.807) is 30.9 Å². The van der Waals surface area contributed by atoms with Crippen molar-refractivity contribution in [3.05, 3.63) is 89.5 Å². The summed E-state index contributed by atoms with van der Waals surface area (Å²) in [4.78, 5) is 3.98. The molecule has 0 unspecified atom stereocenters. The highest BCUT2D eigenvalue weighted by Crippen LogP contribution is 2.35. The van der Waals surface area contributed by atoms with Crippen LogP contribution in [0.5, 0.6) is 0 Å². The Hall–Kier alpha value is -2.07. The van der Waals surface area contributed by atoms with Gasteiger partial charge in [-0.25, -0.2) is 4.98 Å². The number of rotatable bonds is 8. The molecule has 3 rings (SSSR count). The van der Waals surface area contributed by atoms with E-state index >= 15 is 0 Å². The van der Waals surface area contributed by atoms with Crippen LogP contribution in [-0.2, 0) is 30.4 Å². The first kappa shape index (κ1) is 23.6. The average molecular weight is 477 g/mol. The predicted molar refractivity (Wildman–Crippen MR) is 111 cm³/mol. The van der Waals surface area contributed by atoms with Gasteiger partial charge in [0.1, 0.15) is 0 Å². The number of thioether (sulfide) groups is 2. The molecule has 0 aliphatic heterocycles. The van der Waals surface area contributed by atoms with Gasteiger partial charge in [0.15, 0.2) is 0 Å². The number of aromatic nitrogens is 2. The van der Waals surface area contributed by atoms with Gasteiger partial charge in [0.2, 0.25) is 0 Å². The number of imidazole rings is 1. The van der Waals surface area contributed by atoms with Gasteiger partial charge in [-0.2, -0.15) is 26.3 Å². The lowest BCUT2D eigenvalue weighted by atomic mass is 10.1. The third-order valence-electron chi connectivity index (χ3n) is 4.30. The largest absolute Gasteiger partial charge is 0.416 e. The smallest absolute Gasteiger partial charge is 0.336 e. The van der Waals surface area contributed by atoms with Gasteiger partial charge in [-0.3, -0.25) is 0 Å². The van der Waals surface area contributed by atoms with Crippen molar-refractivity contribution in [1.29, 1.82) is 0 Å². The highest BCUT2D eigenvalue weighted by molar-refractivity contribution is 8.16. The summed E-state index contributed by atoms with van der Waals surface area (Å²) in [5.41, 5.74) is -0.327. The van der Waals surface area contributed by atoms with Gasteiger partial charge in [-0.1, -0.05) is 36.4 Å². The monoisotopic (exact) mass is 476 g/mol. The molecular formula is C21H18F6N2S2. The third kappa shape index (κ3) is 7.24. The second-order valence-electron chi connectivity index (χ2n) is 6.71. The van der Waals surface area contributed by atoms with Gasteiger partial charge >= 0.3 is 12.4 Å². The van der Waals surface area contributed by atoms with Crippen molar-refractivity contribution in [2.24, 2.45) is 0 Å². The fraction of sp³-hybridized carbons (Fsp3) is 0.286. The van der Waals surface area contributed by atoms with Crippen molar-refractivity contribution in [2.45, 2.75) is 35.0 Å². The molecule has 31 heavy (non-hydrogen) atoms. The average Bonchev–Trinajstić information content (AvgIpc) is 3.22. The zero-order valence-electron chi connectivity index (χ0n) is 16.0. The van der Waals surface area contributed by atoms with Crippen LogP contribution < -0.4 is 0 Å². The Morgan fingerprint density at radius 2 is 1.32 bits per heavy atom. The van der Waals surface area contributed by atoms with Crippen molar-refractivity contribution in [1.82, 2.24) is 9.55 Å². The summed E-state index contributed by atoms with van der Waals surface area (Å²) in [6.07, 6.45) is -3.80. The normalized spacial score (nSPS) is 12.5. The van der Waals surface area contributed by atoms with Crippen molar-refractivity contribution >= 4 is 23.5 Å². The first-order chi connectivity index (χ1) is 14.6. The summed E-state index contributed by atoms with van der Waals surface area (Å²) < 4.78 is 79.4. The van der Waals surface area contributed by atoms with Gasteiger partial charge in [0, 0.05) is 30.4 Å². The summed E-state index contributed by atoms with van der Waals surface area (Å²) in [7, 11) is 0. The summed E-state index contributed by atoms with van der Waals surface area (Å²) in [6, 6.07) is 10.3. The Labute approximate surface area is 184 Å². The summed E-state index contributed by atoms with van der Waals surface area (Å²) in [6.45, 7) is 0.521. The molecule has 0 N–H and O–H groups in total. The summed E-state index contributed by atoms with van der Waals surface area (Å²) in [5.74, 6) is 0.692. The van der Waals surface area contributed by atoms with Crippen LogP contribution in [0.3, 0.4) is 0 Å². The van der Waals surface area contributed by atoms with E-state index in [9.17, 15) is 26.3 Å². The molecule has 1 heterocycles. The summed E-state index contributed by atoms with van der Waals surface area (Å²) >= 11 is 2.89. The van der Waals surface area contributed by atoms with E-state index < -0.39 is 23.5 Å². The van der Waals surface area contributed by atoms with E-state index in [4.69, 9.17) is 0 Å². The number of halogens is 6. The second-order valence-corrected chi connectivity index (χ2v) is 9.39. The fourth-order valence-corrected chi connectivity index (χ4v) is 5.24. The Morgan fingerprint density at radius 1 is 0.806 bits per heavy atom. The van der Waals surface area contributed by atoms with Gasteiger partial charge in [-0.05, 0) is 23.3 Å². The minimum Gasteiger partial charge on any atom is -0.336 e. The molecule has 166 valence electrons. The summed E-state index contributed by atoms with van der Waals surface area (Å²) in [5, 5.41) is 0. The van der Waals surface area contributed by atoms with Crippen LogP contribution in [0, 0.1) is 0 Å². The quantitative estimate of drug-likeness (QED) is 0.255. The molecule has 1 aromatic heterocycles. The Kier molecular flexibility index (Phi) is 7.64. The molecule has 2 aromatic carbocycles. The van der Waals surface area contributed by atoms with Crippen molar-refractivity contribution in [3.8, 4) is 0 Å². The predicted octanol–water partition coefficient (Wildman–Crippen LogP) is 7.11. The molecular weight excluding hydrogens is 458 g/mol. The van der Waals surface area contributed by atoms with Crippen molar-refractivity contribution in [3.63, 3.8) is 0 Å². The standard InChI is InChI=1S/C21H18F6N2S2/c22-20(23,24)17-5-1-3-15(9-17)12-30-19(11-29-8-7-28-14-29)31-13-16-4-2-6-18(10-16)21(25,26)27/h1-10,14,19H,11-13H2. The molecule has 0 atom stereocenters. The van der Waals surface area contributed by atoms with Crippen LogP contribution in [0.15, 0.2) is 67.3 Å². The topological polar surface area (TPSA) is 17.8 Å². The minimum atomic E-state index is -4.41. The molecule has 3 aromatic rings. The maximum Gasteiger partial charge on any atom is 0.416 e. The molecule has 0 aliphatic rings. The zero-order valence-corrected chi connectivity index (χ0v) is 17.7. The minimum absolute atomic E-state index is 0.0988. The van der Waals surface area contributed by atoms with E-state index in [1.807, 2.05) is 4.57 Å². The van der Waals surface area contributed by atoms with Crippen LogP contribution in [0.25, 0.3) is 0 Å². The Bertz CT molecular complexity index is 909. The highest BCUT2D eigenvalue weighted by atomic mass is 32.2. The first-order valence-corrected chi connectivity index (χ1v) is 11.2. The molecule has 0 aliphatic carbocycles. The molecule has 0 radical (unpaired) electrons. The van der Waals surface area contributed by atoms with Crippen molar-refractivity contribution < 1.29 is 26.3 Å². The van der Waals surface area contributed by atoms with E-state index in [-0.39, 0.29) is 4.58 Å². The van der Waals surface area contributed by atoms with E-state index in [0.717, 1.165) is 24.3 Å². The number of benzene rings is 2. The number of alkyl halides is 6. The first-order valence-electron chi connectivity index (χ1n) is 9.12. The van der Waals surface area contributed by atoms with E-state index in [0.29, 0.717) is 29.2 Å². The molecule has 0 saturated heterocycles. The molecule has 10 heteroatoms. The van der Waals surface area contributed by atoms with E-state index in [2.05, 4.69) is 4.98 Å². The number of hydrogen-bond acceptors (Lipinski definition) is 3. The molecule has 2 nitrogen and oxygen atoms in total. The van der Waals surface area contributed by atoms with Crippen LogP contribution in [0.2, 0.25) is 0 Å². The Balaban J connectivity index is 1.68. The van der Waals surface area contributed by atoms with Gasteiger partial charge in [-0.15, -0.1) is 23.5 Å². The van der Waals surface area contributed by atoms with Crippen LogP contribution in [0.1, 0.15) is 22.3 Å². The zero-order chi connectivity index (χ0) is 22.5. The maximum atomic E-state index is 12.9. The SMILES string of the molecule is FC(F)(F)c1cccc(CSC(Cn2ccnc2)SCc2cccc(C(F)(F)F)c2)c1. The molecule has 0 fully saturated rings. The Morgan fingerprint density at radius 3 is 1.74 bits per heavy atom. The van der Waals surface area contributed by atoms with Gasteiger partial charge in [0.05, 0.1) is 22.0 Å². The molecule has 0 saturated carbocycles. The molecule has 0 amide bonds. The molecule has 0 bridgehead atoms. The third-order valence-corrected chi connectivity index (χ3v) is 7.16. The lowest BCUT2D eigenvalue weighted by Crippen LogP contribution is -2.10. The fourth-order valence-electron chi connectivity index (χ4n) is 2.77. The second kappa shape index (κ2) is 10.0. The maximum absolute atomic E-state index is 12.9. The lowest BCUT2D eigenvalue weighted by molar-refractivity contribution is -0.138. The van der Waals surface area contributed by atoms with Crippen LogP contribution in [0.4, 0.5) is 26.3 Å². The molecule has 0 spiro atoms. The highest BCUT2D eigenvalue weighted by Gasteiger charge is 2.31. The number of nitrogens with zero attached hydrogens (tertiary/aromatic N) is 2. The van der Waals surface area contributed by atoms with Crippen LogP contribution in [-0.4, -0.2) is 14.1 Å².